The highest BCUT2D eigenvalue weighted by Crippen LogP contribution is 2.43. The van der Waals surface area contributed by atoms with Crippen LogP contribution in [0.15, 0.2) is 53.4 Å². The van der Waals surface area contributed by atoms with E-state index in [9.17, 15) is 9.18 Å². The van der Waals surface area contributed by atoms with Crippen LogP contribution in [-0.2, 0) is 4.79 Å². The first-order chi connectivity index (χ1) is 14.0. The number of halogens is 1. The lowest BCUT2D eigenvalue weighted by Crippen LogP contribution is -2.11. The summed E-state index contributed by atoms with van der Waals surface area (Å²) in [6, 6.07) is 14.4. The van der Waals surface area contributed by atoms with Gasteiger partial charge in [-0.15, -0.1) is 34.4 Å². The van der Waals surface area contributed by atoms with Crippen molar-refractivity contribution in [3.05, 3.63) is 64.8 Å². The third-order valence-corrected chi connectivity index (χ3v) is 7.75. The highest BCUT2D eigenvalue weighted by Gasteiger charge is 2.19. The van der Waals surface area contributed by atoms with Crippen LogP contribution in [0.2, 0.25) is 0 Å². The molecular formula is C22H19FN2OS3. The number of rotatable bonds is 6. The SMILES string of the molecule is Cc1sc(NC(=O)CCSc2ccc(F)cc2)c(-c2nc3ccccc3s2)c1C. The average Bonchev–Trinajstić information content (AvgIpc) is 3.24. The van der Waals surface area contributed by atoms with Crippen LogP contribution in [0.4, 0.5) is 9.39 Å². The molecular weight excluding hydrogens is 423 g/mol. The minimum Gasteiger partial charge on any atom is -0.317 e. The van der Waals surface area contributed by atoms with Gasteiger partial charge < -0.3 is 5.32 Å². The lowest BCUT2D eigenvalue weighted by molar-refractivity contribution is -0.115. The molecule has 0 saturated carbocycles. The Bertz CT molecular complexity index is 1130. The van der Waals surface area contributed by atoms with Crippen LogP contribution in [0.25, 0.3) is 20.8 Å². The maximum absolute atomic E-state index is 13.0. The fraction of sp³-hybridized carbons (Fsp3) is 0.182. The van der Waals surface area contributed by atoms with Crippen molar-refractivity contribution in [1.29, 1.82) is 0 Å². The van der Waals surface area contributed by atoms with Gasteiger partial charge in [-0.25, -0.2) is 9.37 Å². The maximum Gasteiger partial charge on any atom is 0.225 e. The van der Waals surface area contributed by atoms with Gasteiger partial charge in [0.25, 0.3) is 0 Å². The Labute approximate surface area is 181 Å². The number of hydrogen-bond acceptors (Lipinski definition) is 5. The second kappa shape index (κ2) is 8.65. The van der Waals surface area contributed by atoms with E-state index in [-0.39, 0.29) is 11.7 Å². The fourth-order valence-electron chi connectivity index (χ4n) is 2.93. The number of anilines is 1. The first-order valence-electron chi connectivity index (χ1n) is 9.15. The zero-order valence-corrected chi connectivity index (χ0v) is 18.4. The van der Waals surface area contributed by atoms with E-state index in [1.54, 1.807) is 46.6 Å². The maximum atomic E-state index is 13.0. The van der Waals surface area contributed by atoms with Crippen molar-refractivity contribution in [1.82, 2.24) is 4.98 Å². The molecule has 1 amide bonds. The second-order valence-corrected chi connectivity index (χ2v) is 10.00. The van der Waals surface area contributed by atoms with Crippen LogP contribution < -0.4 is 5.32 Å². The molecule has 4 aromatic rings. The molecule has 0 spiro atoms. The molecule has 0 bridgehead atoms. The summed E-state index contributed by atoms with van der Waals surface area (Å²) in [6.07, 6.45) is 0.386. The summed E-state index contributed by atoms with van der Waals surface area (Å²) >= 11 is 4.78. The number of benzene rings is 2. The van der Waals surface area contributed by atoms with Crippen LogP contribution >= 0.6 is 34.4 Å². The molecule has 2 heterocycles. The third-order valence-electron chi connectivity index (χ3n) is 4.56. The number of aryl methyl sites for hydroxylation is 1. The van der Waals surface area contributed by atoms with Crippen molar-refractivity contribution in [2.75, 3.05) is 11.1 Å². The molecule has 0 atom stereocenters. The predicted molar refractivity (Wildman–Crippen MR) is 123 cm³/mol. The van der Waals surface area contributed by atoms with Gasteiger partial charge in [0.1, 0.15) is 15.8 Å². The predicted octanol–water partition coefficient (Wildman–Crippen LogP) is 6.90. The van der Waals surface area contributed by atoms with Gasteiger partial charge in [-0.3, -0.25) is 4.79 Å². The number of thiazole rings is 1. The number of carbonyl (C=O) groups excluding carboxylic acids is 1. The number of para-hydroxylation sites is 1. The van der Waals surface area contributed by atoms with Crippen LogP contribution in [0, 0.1) is 19.7 Å². The number of nitrogens with zero attached hydrogens (tertiary/aromatic N) is 1. The highest BCUT2D eigenvalue weighted by molar-refractivity contribution is 7.99. The third kappa shape index (κ3) is 4.52. The summed E-state index contributed by atoms with van der Waals surface area (Å²) in [5, 5.41) is 4.87. The van der Waals surface area contributed by atoms with E-state index >= 15 is 0 Å². The summed E-state index contributed by atoms with van der Waals surface area (Å²) in [4.78, 5) is 19.4. The zero-order chi connectivity index (χ0) is 20.4. The molecule has 4 rings (SSSR count). The van der Waals surface area contributed by atoms with Gasteiger partial charge in [-0.1, -0.05) is 12.1 Å². The minimum atomic E-state index is -0.252. The monoisotopic (exact) mass is 442 g/mol. The first kappa shape index (κ1) is 20.1. The molecule has 0 saturated heterocycles. The Kier molecular flexibility index (Phi) is 5.99. The van der Waals surface area contributed by atoms with Crippen molar-refractivity contribution < 1.29 is 9.18 Å². The summed E-state index contributed by atoms with van der Waals surface area (Å²) in [5.74, 6) is 0.359. The number of nitrogens with one attached hydrogen (secondary N) is 1. The highest BCUT2D eigenvalue weighted by atomic mass is 32.2. The van der Waals surface area contributed by atoms with Gasteiger partial charge >= 0.3 is 0 Å². The van der Waals surface area contributed by atoms with Crippen molar-refractivity contribution in [2.24, 2.45) is 0 Å². The van der Waals surface area contributed by atoms with Crippen LogP contribution in [0.5, 0.6) is 0 Å². The van der Waals surface area contributed by atoms with Gasteiger partial charge in [0, 0.05) is 27.5 Å². The van der Waals surface area contributed by atoms with E-state index in [4.69, 9.17) is 4.98 Å². The Morgan fingerprint density at radius 3 is 2.62 bits per heavy atom. The molecule has 0 radical (unpaired) electrons. The normalized spacial score (nSPS) is 11.1. The molecule has 0 aliphatic heterocycles. The molecule has 0 aliphatic rings. The second-order valence-electron chi connectivity index (χ2n) is 6.57. The fourth-order valence-corrected chi connectivity index (χ4v) is 6.00. The summed E-state index contributed by atoms with van der Waals surface area (Å²) in [7, 11) is 0. The van der Waals surface area contributed by atoms with Gasteiger partial charge in [0.15, 0.2) is 0 Å². The number of carbonyl (C=O) groups is 1. The van der Waals surface area contributed by atoms with E-state index in [1.807, 2.05) is 18.2 Å². The van der Waals surface area contributed by atoms with Gasteiger partial charge in [-0.2, -0.15) is 0 Å². The molecule has 29 heavy (non-hydrogen) atoms. The molecule has 7 heteroatoms. The summed E-state index contributed by atoms with van der Waals surface area (Å²) in [6.45, 7) is 4.14. The zero-order valence-electron chi connectivity index (χ0n) is 16.0. The quantitative estimate of drug-likeness (QED) is 0.330. The Morgan fingerprint density at radius 2 is 1.86 bits per heavy atom. The Hall–Kier alpha value is -2.22. The average molecular weight is 443 g/mol. The number of thiophene rings is 1. The van der Waals surface area contributed by atoms with E-state index in [0.29, 0.717) is 12.2 Å². The summed E-state index contributed by atoms with van der Waals surface area (Å²) in [5.41, 5.74) is 3.15. The molecule has 0 fully saturated rings. The van der Waals surface area contributed by atoms with Crippen LogP contribution in [0.3, 0.4) is 0 Å². The van der Waals surface area contributed by atoms with E-state index in [2.05, 4.69) is 25.2 Å². The van der Waals surface area contributed by atoms with Crippen LogP contribution in [-0.4, -0.2) is 16.6 Å². The number of aromatic nitrogens is 1. The minimum absolute atomic E-state index is 0.0248. The van der Waals surface area contributed by atoms with E-state index < -0.39 is 0 Å². The molecule has 2 aromatic carbocycles. The molecule has 0 unspecified atom stereocenters. The van der Waals surface area contributed by atoms with Crippen molar-refractivity contribution in [2.45, 2.75) is 25.2 Å². The molecule has 0 aliphatic carbocycles. The number of hydrogen-bond donors (Lipinski definition) is 1. The molecule has 2 aromatic heterocycles. The standard InChI is InChI=1S/C22H19FN2OS3/c1-13-14(2)28-22(20(13)21-24-17-5-3-4-6-18(17)29-21)25-19(26)11-12-27-16-9-7-15(23)8-10-16/h3-10H,11-12H2,1-2H3,(H,25,26). The van der Waals surface area contributed by atoms with Crippen molar-refractivity contribution in [3.8, 4) is 10.6 Å². The van der Waals surface area contributed by atoms with E-state index in [0.717, 1.165) is 36.2 Å². The topological polar surface area (TPSA) is 42.0 Å². The van der Waals surface area contributed by atoms with Gasteiger partial charge in [0.05, 0.1) is 10.2 Å². The number of amides is 1. The lowest BCUT2D eigenvalue weighted by atomic mass is 10.1. The smallest absolute Gasteiger partial charge is 0.225 e. The molecule has 3 nitrogen and oxygen atoms in total. The van der Waals surface area contributed by atoms with E-state index in [1.165, 1.54) is 17.0 Å². The Morgan fingerprint density at radius 1 is 1.10 bits per heavy atom. The number of thioether (sulfide) groups is 1. The first-order valence-corrected chi connectivity index (χ1v) is 11.8. The number of fused-ring (bicyclic) bond motifs is 1. The largest absolute Gasteiger partial charge is 0.317 e. The van der Waals surface area contributed by atoms with Gasteiger partial charge in [0.2, 0.25) is 5.91 Å². The lowest BCUT2D eigenvalue weighted by Gasteiger charge is -2.06. The Balaban J connectivity index is 1.47. The van der Waals surface area contributed by atoms with Crippen LogP contribution in [0.1, 0.15) is 16.9 Å². The molecule has 1 N–H and O–H groups in total. The van der Waals surface area contributed by atoms with Crippen molar-refractivity contribution >= 4 is 55.6 Å². The molecule has 148 valence electrons. The summed E-state index contributed by atoms with van der Waals surface area (Å²) < 4.78 is 14.1. The van der Waals surface area contributed by atoms with Gasteiger partial charge in [-0.05, 0) is 55.8 Å². The van der Waals surface area contributed by atoms with Crippen molar-refractivity contribution in [3.63, 3.8) is 0 Å².